The van der Waals surface area contributed by atoms with Gasteiger partial charge in [0.2, 0.25) is 5.13 Å². The molecule has 2 atom stereocenters. The number of hydrogen-bond donors (Lipinski definition) is 2. The highest BCUT2D eigenvalue weighted by Crippen LogP contribution is 2.35. The maximum atomic E-state index is 13.1. The molecule has 0 bridgehead atoms. The van der Waals surface area contributed by atoms with Crippen molar-refractivity contribution in [1.82, 2.24) is 20.2 Å². The van der Waals surface area contributed by atoms with Gasteiger partial charge in [-0.25, -0.2) is 4.98 Å². The number of pyridine rings is 2. The van der Waals surface area contributed by atoms with E-state index in [9.17, 15) is 9.90 Å². The topological polar surface area (TPSA) is 119 Å². The molecule has 9 nitrogen and oxygen atoms in total. The number of rotatable bonds is 7. The van der Waals surface area contributed by atoms with Crippen LogP contribution >= 0.6 is 22.9 Å². The number of amides is 1. The lowest BCUT2D eigenvalue weighted by Crippen LogP contribution is -2.15. The Labute approximate surface area is 193 Å². The Balaban J connectivity index is 1.53. The first-order valence-electron chi connectivity index (χ1n) is 10.1. The van der Waals surface area contributed by atoms with Crippen molar-refractivity contribution in [3.63, 3.8) is 0 Å². The average Bonchev–Trinajstić information content (AvgIpc) is 3.39. The third-order valence-corrected chi connectivity index (χ3v) is 6.23. The van der Waals surface area contributed by atoms with E-state index in [1.807, 2.05) is 0 Å². The Bertz CT molecular complexity index is 1130. The summed E-state index contributed by atoms with van der Waals surface area (Å²) < 4.78 is 11.1. The third-order valence-electron chi connectivity index (χ3n) is 5.21. The minimum Gasteiger partial charge on any atom is -0.494 e. The van der Waals surface area contributed by atoms with Crippen molar-refractivity contribution in [1.29, 1.82) is 0 Å². The van der Waals surface area contributed by atoms with Crippen LogP contribution in [0.3, 0.4) is 0 Å². The number of carbonyl (C=O) groups excluding carboxylic acids is 1. The number of hydrogen-bond acceptors (Lipinski definition) is 9. The molecule has 1 fully saturated rings. The van der Waals surface area contributed by atoms with Crippen LogP contribution in [0.15, 0.2) is 24.5 Å². The van der Waals surface area contributed by atoms with E-state index in [1.165, 1.54) is 7.11 Å². The maximum Gasteiger partial charge on any atom is 0.295 e. The second-order valence-electron chi connectivity index (χ2n) is 7.52. The zero-order chi connectivity index (χ0) is 22.7. The van der Waals surface area contributed by atoms with E-state index in [-0.39, 0.29) is 22.0 Å². The second kappa shape index (κ2) is 9.76. The van der Waals surface area contributed by atoms with Gasteiger partial charge in [-0.05, 0) is 55.6 Å². The van der Waals surface area contributed by atoms with Crippen molar-refractivity contribution in [2.45, 2.75) is 32.3 Å². The van der Waals surface area contributed by atoms with E-state index < -0.39 is 5.91 Å². The van der Waals surface area contributed by atoms with Crippen LogP contribution < -0.4 is 14.8 Å². The zero-order valence-corrected chi connectivity index (χ0v) is 19.1. The molecule has 1 saturated carbocycles. The average molecular weight is 476 g/mol. The van der Waals surface area contributed by atoms with Gasteiger partial charge in [-0.1, -0.05) is 16.7 Å². The number of aryl methyl sites for hydroxylation is 1. The molecule has 3 aromatic rings. The number of ether oxygens (including phenoxy) is 2. The molecule has 168 valence electrons. The van der Waals surface area contributed by atoms with Gasteiger partial charge in [-0.3, -0.25) is 15.1 Å². The van der Waals surface area contributed by atoms with Crippen molar-refractivity contribution in [3.05, 3.63) is 40.9 Å². The molecule has 0 spiro atoms. The Morgan fingerprint density at radius 2 is 2.19 bits per heavy atom. The summed E-state index contributed by atoms with van der Waals surface area (Å²) in [5, 5.41) is 21.0. The Hall–Kier alpha value is -2.82. The van der Waals surface area contributed by atoms with E-state index in [2.05, 4.69) is 25.5 Å². The summed E-state index contributed by atoms with van der Waals surface area (Å²) in [6, 6.07) is 3.51. The van der Waals surface area contributed by atoms with Gasteiger partial charge >= 0.3 is 0 Å². The summed E-state index contributed by atoms with van der Waals surface area (Å²) in [6.45, 7) is 2.25. The van der Waals surface area contributed by atoms with Crippen LogP contribution in [-0.2, 0) is 0 Å². The number of nitrogens with one attached hydrogen (secondary N) is 1. The van der Waals surface area contributed by atoms with Crippen LogP contribution in [0.1, 0.15) is 35.3 Å². The zero-order valence-electron chi connectivity index (χ0n) is 17.5. The molecule has 11 heteroatoms. The van der Waals surface area contributed by atoms with Crippen molar-refractivity contribution >= 4 is 34.0 Å². The lowest BCUT2D eigenvalue weighted by Gasteiger charge is -2.14. The van der Waals surface area contributed by atoms with E-state index >= 15 is 0 Å². The molecule has 32 heavy (non-hydrogen) atoms. The molecule has 0 radical (unpaired) electrons. The van der Waals surface area contributed by atoms with E-state index in [1.54, 1.807) is 31.5 Å². The summed E-state index contributed by atoms with van der Waals surface area (Å²) in [4.78, 5) is 21.4. The van der Waals surface area contributed by atoms with Gasteiger partial charge in [0.05, 0.1) is 31.6 Å². The lowest BCUT2D eigenvalue weighted by atomic mass is 10.0. The molecule has 1 amide bonds. The lowest BCUT2D eigenvalue weighted by molar-refractivity contribution is 0.102. The van der Waals surface area contributed by atoms with Gasteiger partial charge in [0.15, 0.2) is 0 Å². The molecular weight excluding hydrogens is 454 g/mol. The molecule has 4 rings (SSSR count). The SMILES string of the molecule is COc1cnccc1-c1cc(C)nc(Cl)c1C(=O)Nc1nnc(OC[C@H]2CC[C@H](O)C2)s1. The van der Waals surface area contributed by atoms with E-state index in [0.29, 0.717) is 40.3 Å². The largest absolute Gasteiger partial charge is 0.494 e. The quantitative estimate of drug-likeness (QED) is 0.496. The summed E-state index contributed by atoms with van der Waals surface area (Å²) in [7, 11) is 1.53. The summed E-state index contributed by atoms with van der Waals surface area (Å²) >= 11 is 7.50. The molecule has 0 unspecified atom stereocenters. The highest BCUT2D eigenvalue weighted by Gasteiger charge is 2.25. The van der Waals surface area contributed by atoms with E-state index in [4.69, 9.17) is 21.1 Å². The predicted molar refractivity (Wildman–Crippen MR) is 120 cm³/mol. The molecule has 0 aliphatic heterocycles. The van der Waals surface area contributed by atoms with Gasteiger partial charge in [-0.2, -0.15) is 0 Å². The fraction of sp³-hybridized carbons (Fsp3) is 0.381. The standard InChI is InChI=1S/C21H22ClN5O4S/c1-11-7-15(14-5-6-23-9-16(14)30-2)17(18(22)24-11)19(29)25-20-26-27-21(32-20)31-10-12-3-4-13(28)8-12/h5-7,9,12-13,28H,3-4,8,10H2,1-2H3,(H,25,26,29)/t12-,13-/m0/s1. The van der Waals surface area contributed by atoms with Crippen molar-refractivity contribution in [3.8, 4) is 22.1 Å². The number of anilines is 1. The fourth-order valence-electron chi connectivity index (χ4n) is 3.70. The normalized spacial score (nSPS) is 17.9. The number of aliphatic hydroxyl groups is 1. The highest BCUT2D eigenvalue weighted by atomic mass is 35.5. The van der Waals surface area contributed by atoms with Crippen molar-refractivity contribution in [2.75, 3.05) is 19.0 Å². The van der Waals surface area contributed by atoms with Crippen LogP contribution in [0.25, 0.3) is 11.1 Å². The first-order chi connectivity index (χ1) is 15.4. The summed E-state index contributed by atoms with van der Waals surface area (Å²) in [6.07, 6.45) is 5.36. The van der Waals surface area contributed by atoms with Crippen LogP contribution in [0, 0.1) is 12.8 Å². The molecule has 0 aromatic carbocycles. The smallest absolute Gasteiger partial charge is 0.295 e. The molecule has 2 N–H and O–H groups in total. The second-order valence-corrected chi connectivity index (χ2v) is 8.82. The molecule has 1 aliphatic rings. The number of aliphatic hydroxyl groups excluding tert-OH is 1. The summed E-state index contributed by atoms with van der Waals surface area (Å²) in [5.74, 6) is 0.326. The third kappa shape index (κ3) is 4.98. The first-order valence-corrected chi connectivity index (χ1v) is 11.2. The molecular formula is C21H22ClN5O4S. The van der Waals surface area contributed by atoms with Crippen molar-refractivity contribution < 1.29 is 19.4 Å². The Kier molecular flexibility index (Phi) is 6.83. The van der Waals surface area contributed by atoms with Crippen LogP contribution in [-0.4, -0.2) is 51.0 Å². The number of carbonyl (C=O) groups is 1. The Morgan fingerprint density at radius 3 is 2.94 bits per heavy atom. The maximum absolute atomic E-state index is 13.1. The minimum absolute atomic E-state index is 0.0668. The monoisotopic (exact) mass is 475 g/mol. The molecule has 3 heterocycles. The van der Waals surface area contributed by atoms with Gasteiger partial charge in [-0.15, -0.1) is 5.10 Å². The fourth-order valence-corrected chi connectivity index (χ4v) is 4.62. The Morgan fingerprint density at radius 1 is 1.34 bits per heavy atom. The van der Waals surface area contributed by atoms with Gasteiger partial charge < -0.3 is 14.6 Å². The van der Waals surface area contributed by atoms with Gasteiger partial charge in [0.1, 0.15) is 10.9 Å². The molecule has 0 saturated heterocycles. The molecule has 3 aromatic heterocycles. The van der Waals surface area contributed by atoms with Crippen LogP contribution in [0.2, 0.25) is 5.15 Å². The number of methoxy groups -OCH3 is 1. The number of nitrogens with zero attached hydrogens (tertiary/aromatic N) is 4. The number of aromatic nitrogens is 4. The highest BCUT2D eigenvalue weighted by molar-refractivity contribution is 7.17. The number of halogens is 1. The van der Waals surface area contributed by atoms with Crippen molar-refractivity contribution in [2.24, 2.45) is 5.92 Å². The predicted octanol–water partition coefficient (Wildman–Crippen LogP) is 3.76. The van der Waals surface area contributed by atoms with Gasteiger partial charge in [0.25, 0.3) is 11.1 Å². The van der Waals surface area contributed by atoms with Crippen LogP contribution in [0.5, 0.6) is 10.9 Å². The first kappa shape index (κ1) is 22.4. The minimum atomic E-state index is -0.474. The molecule has 1 aliphatic carbocycles. The summed E-state index contributed by atoms with van der Waals surface area (Å²) in [5.41, 5.74) is 2.09. The van der Waals surface area contributed by atoms with Gasteiger partial charge in [0, 0.05) is 23.0 Å². The van der Waals surface area contributed by atoms with E-state index in [0.717, 1.165) is 30.6 Å². The van der Waals surface area contributed by atoms with Crippen LogP contribution in [0.4, 0.5) is 5.13 Å².